The van der Waals surface area contributed by atoms with Gasteiger partial charge in [0.15, 0.2) is 0 Å². The van der Waals surface area contributed by atoms with Gasteiger partial charge in [-0.3, -0.25) is 15.1 Å². The van der Waals surface area contributed by atoms with Crippen LogP contribution in [0.3, 0.4) is 0 Å². The number of rotatable bonds is 7. The van der Waals surface area contributed by atoms with E-state index in [4.69, 9.17) is 0 Å². The zero-order valence-electron chi connectivity index (χ0n) is 15.9. The number of pyridine rings is 1. The van der Waals surface area contributed by atoms with Crippen LogP contribution in [0.25, 0.3) is 0 Å². The first-order chi connectivity index (χ1) is 13.8. The van der Waals surface area contributed by atoms with Gasteiger partial charge in [0, 0.05) is 12.3 Å². The molecular formula is C20H20N4O4S. The number of hydrogen-bond donors (Lipinski definition) is 2. The molecule has 0 spiro atoms. The quantitative estimate of drug-likeness (QED) is 0.454. The molecule has 1 heterocycles. The molecule has 0 aliphatic heterocycles. The van der Waals surface area contributed by atoms with Gasteiger partial charge in [0.05, 0.1) is 21.6 Å². The fourth-order valence-electron chi connectivity index (χ4n) is 2.95. The molecule has 0 radical (unpaired) electrons. The Morgan fingerprint density at radius 3 is 2.48 bits per heavy atom. The summed E-state index contributed by atoms with van der Waals surface area (Å²) in [6.07, 6.45) is 1.65. The molecule has 1 aromatic heterocycles. The van der Waals surface area contributed by atoms with Crippen LogP contribution in [0.5, 0.6) is 0 Å². The number of aryl methyl sites for hydroxylation is 1. The van der Waals surface area contributed by atoms with Gasteiger partial charge < -0.3 is 5.32 Å². The molecule has 0 bridgehead atoms. The molecule has 0 amide bonds. The van der Waals surface area contributed by atoms with Crippen molar-refractivity contribution < 1.29 is 13.3 Å². The van der Waals surface area contributed by atoms with E-state index in [-0.39, 0.29) is 16.3 Å². The third-order valence-electron chi connectivity index (χ3n) is 4.40. The first-order valence-electron chi connectivity index (χ1n) is 8.78. The van der Waals surface area contributed by atoms with Crippen molar-refractivity contribution in [3.05, 3.63) is 93.8 Å². The third-order valence-corrected chi connectivity index (χ3v) is 5.82. The van der Waals surface area contributed by atoms with Crippen LogP contribution in [0.1, 0.15) is 22.9 Å². The lowest BCUT2D eigenvalue weighted by molar-refractivity contribution is -0.384. The molecule has 0 aliphatic rings. The number of nitrogens with one attached hydrogen (secondary N) is 2. The van der Waals surface area contributed by atoms with Crippen LogP contribution < -0.4 is 10.0 Å². The average Bonchev–Trinajstić information content (AvgIpc) is 2.72. The predicted octanol–water partition coefficient (Wildman–Crippen LogP) is 3.41. The van der Waals surface area contributed by atoms with E-state index in [1.54, 1.807) is 12.3 Å². The van der Waals surface area contributed by atoms with Crippen LogP contribution in [-0.2, 0) is 10.0 Å². The second-order valence-electron chi connectivity index (χ2n) is 6.39. The van der Waals surface area contributed by atoms with Gasteiger partial charge in [0.1, 0.15) is 5.69 Å². The SMILES string of the molecule is CNS(=O)(=O)c1ccc(NC(c2cccc(C)c2)c2ccccn2)c([N+](=O)[O-])c1. The van der Waals surface area contributed by atoms with Gasteiger partial charge in [-0.05, 0) is 43.8 Å². The molecule has 0 fully saturated rings. The van der Waals surface area contributed by atoms with E-state index in [2.05, 4.69) is 15.0 Å². The van der Waals surface area contributed by atoms with E-state index in [0.717, 1.165) is 17.2 Å². The Kier molecular flexibility index (Phi) is 5.90. The predicted molar refractivity (Wildman–Crippen MR) is 110 cm³/mol. The Labute approximate surface area is 168 Å². The molecule has 0 saturated heterocycles. The van der Waals surface area contributed by atoms with E-state index >= 15 is 0 Å². The molecule has 3 rings (SSSR count). The molecule has 0 aliphatic carbocycles. The first kappa shape index (κ1) is 20.4. The monoisotopic (exact) mass is 412 g/mol. The molecule has 150 valence electrons. The Bertz CT molecular complexity index is 1130. The molecular weight excluding hydrogens is 392 g/mol. The minimum Gasteiger partial charge on any atom is -0.367 e. The lowest BCUT2D eigenvalue weighted by Gasteiger charge is -2.20. The van der Waals surface area contributed by atoms with Crippen molar-refractivity contribution in [2.75, 3.05) is 12.4 Å². The summed E-state index contributed by atoms with van der Waals surface area (Å²) in [5.74, 6) is 0. The van der Waals surface area contributed by atoms with Crippen LogP contribution in [0.2, 0.25) is 0 Å². The maximum absolute atomic E-state index is 12.0. The normalized spacial score (nSPS) is 12.3. The van der Waals surface area contributed by atoms with Gasteiger partial charge >= 0.3 is 0 Å². The van der Waals surface area contributed by atoms with E-state index in [1.807, 2.05) is 43.3 Å². The van der Waals surface area contributed by atoms with Gasteiger partial charge in [-0.25, -0.2) is 13.1 Å². The molecule has 1 unspecified atom stereocenters. The standard InChI is InChI=1S/C20H20N4O4S/c1-14-6-5-7-15(12-14)20(18-8-3-4-11-22-18)23-17-10-9-16(29(27,28)21-2)13-19(17)24(25)26/h3-13,20-21,23H,1-2H3. The van der Waals surface area contributed by atoms with Crippen molar-refractivity contribution in [2.24, 2.45) is 0 Å². The van der Waals surface area contributed by atoms with E-state index in [1.165, 1.54) is 19.2 Å². The molecule has 2 aromatic carbocycles. The maximum Gasteiger partial charge on any atom is 0.293 e. The van der Waals surface area contributed by atoms with Crippen molar-refractivity contribution in [1.29, 1.82) is 0 Å². The largest absolute Gasteiger partial charge is 0.367 e. The summed E-state index contributed by atoms with van der Waals surface area (Å²) >= 11 is 0. The van der Waals surface area contributed by atoms with Gasteiger partial charge in [-0.2, -0.15) is 0 Å². The number of nitro groups is 1. The summed E-state index contributed by atoms with van der Waals surface area (Å²) in [6, 6.07) is 16.5. The summed E-state index contributed by atoms with van der Waals surface area (Å²) in [6.45, 7) is 1.96. The van der Waals surface area contributed by atoms with Gasteiger partial charge in [0.2, 0.25) is 10.0 Å². The zero-order chi connectivity index (χ0) is 21.0. The summed E-state index contributed by atoms with van der Waals surface area (Å²) in [4.78, 5) is 15.2. The third kappa shape index (κ3) is 4.58. The summed E-state index contributed by atoms with van der Waals surface area (Å²) in [5.41, 5.74) is 2.46. The van der Waals surface area contributed by atoms with E-state index in [0.29, 0.717) is 5.69 Å². The average molecular weight is 412 g/mol. The molecule has 29 heavy (non-hydrogen) atoms. The summed E-state index contributed by atoms with van der Waals surface area (Å²) in [7, 11) is -2.55. The van der Waals surface area contributed by atoms with E-state index in [9.17, 15) is 18.5 Å². The minimum atomic E-state index is -3.80. The first-order valence-corrected chi connectivity index (χ1v) is 10.3. The van der Waals surface area contributed by atoms with Crippen LogP contribution in [0.15, 0.2) is 71.8 Å². The smallest absolute Gasteiger partial charge is 0.293 e. The number of sulfonamides is 1. The minimum absolute atomic E-state index is 0.179. The van der Waals surface area contributed by atoms with Crippen molar-refractivity contribution >= 4 is 21.4 Å². The van der Waals surface area contributed by atoms with Crippen molar-refractivity contribution in [3.63, 3.8) is 0 Å². The number of anilines is 1. The highest BCUT2D eigenvalue weighted by Gasteiger charge is 2.24. The number of nitrogens with zero attached hydrogens (tertiary/aromatic N) is 2. The van der Waals surface area contributed by atoms with Crippen molar-refractivity contribution in [1.82, 2.24) is 9.71 Å². The van der Waals surface area contributed by atoms with Crippen LogP contribution in [-0.4, -0.2) is 25.4 Å². The highest BCUT2D eigenvalue weighted by molar-refractivity contribution is 7.89. The second kappa shape index (κ2) is 8.38. The van der Waals surface area contributed by atoms with Crippen molar-refractivity contribution in [3.8, 4) is 0 Å². The molecule has 3 aromatic rings. The lowest BCUT2D eigenvalue weighted by Crippen LogP contribution is -2.19. The Morgan fingerprint density at radius 2 is 1.86 bits per heavy atom. The molecule has 8 nitrogen and oxygen atoms in total. The van der Waals surface area contributed by atoms with Crippen LogP contribution in [0, 0.1) is 17.0 Å². The molecule has 9 heteroatoms. The molecule has 1 atom stereocenters. The van der Waals surface area contributed by atoms with E-state index < -0.39 is 21.0 Å². The van der Waals surface area contributed by atoms with Crippen LogP contribution in [0.4, 0.5) is 11.4 Å². The lowest BCUT2D eigenvalue weighted by atomic mass is 10.0. The van der Waals surface area contributed by atoms with Gasteiger partial charge in [-0.15, -0.1) is 0 Å². The Balaban J connectivity index is 2.09. The number of benzene rings is 2. The molecule has 0 saturated carbocycles. The maximum atomic E-state index is 12.0. The topological polar surface area (TPSA) is 114 Å². The Hall–Kier alpha value is -3.30. The second-order valence-corrected chi connectivity index (χ2v) is 8.28. The highest BCUT2D eigenvalue weighted by Crippen LogP contribution is 2.33. The molecule has 2 N–H and O–H groups in total. The summed E-state index contributed by atoms with van der Waals surface area (Å²) < 4.78 is 26.2. The van der Waals surface area contributed by atoms with Gasteiger partial charge in [-0.1, -0.05) is 35.9 Å². The number of hydrogen-bond acceptors (Lipinski definition) is 6. The number of aromatic nitrogens is 1. The fraction of sp³-hybridized carbons (Fsp3) is 0.150. The summed E-state index contributed by atoms with van der Waals surface area (Å²) in [5, 5.41) is 14.8. The van der Waals surface area contributed by atoms with Gasteiger partial charge in [0.25, 0.3) is 5.69 Å². The van der Waals surface area contributed by atoms with Crippen LogP contribution >= 0.6 is 0 Å². The van der Waals surface area contributed by atoms with Crippen molar-refractivity contribution in [2.45, 2.75) is 17.9 Å². The Morgan fingerprint density at radius 1 is 1.07 bits per heavy atom. The zero-order valence-corrected chi connectivity index (χ0v) is 16.7. The highest BCUT2D eigenvalue weighted by atomic mass is 32.2. The fourth-order valence-corrected chi connectivity index (χ4v) is 3.70. The number of nitro benzene ring substituents is 1.